The number of halogens is 2. The molecule has 2 amide bonds. The molecule has 0 radical (unpaired) electrons. The van der Waals surface area contributed by atoms with Gasteiger partial charge in [0.2, 0.25) is 5.91 Å². The number of nitrogens with zero attached hydrogens (tertiary/aromatic N) is 3. The lowest BCUT2D eigenvalue weighted by molar-refractivity contribution is -0.117. The van der Waals surface area contributed by atoms with Crippen molar-refractivity contribution in [2.45, 2.75) is 20.4 Å². The number of hydrogen-bond donors (Lipinski definition) is 2. The molecule has 0 spiro atoms. The molecular formula is C21H19Cl2N5O4. The van der Waals surface area contributed by atoms with Gasteiger partial charge >= 0.3 is 5.97 Å². The van der Waals surface area contributed by atoms with E-state index < -0.39 is 17.8 Å². The Bertz CT molecular complexity index is 1180. The molecule has 0 fully saturated rings. The molecule has 9 nitrogen and oxygen atoms in total. The summed E-state index contributed by atoms with van der Waals surface area (Å²) >= 11 is 11.8. The van der Waals surface area contributed by atoms with Gasteiger partial charge in [-0.1, -0.05) is 40.5 Å². The fourth-order valence-corrected chi connectivity index (χ4v) is 3.09. The predicted molar refractivity (Wildman–Crippen MR) is 120 cm³/mol. The van der Waals surface area contributed by atoms with E-state index in [4.69, 9.17) is 27.9 Å². The average molecular weight is 476 g/mol. The molecule has 0 aliphatic heterocycles. The first-order valence-electron chi connectivity index (χ1n) is 9.52. The highest BCUT2D eigenvalue weighted by Crippen LogP contribution is 2.25. The molecule has 11 heteroatoms. The van der Waals surface area contributed by atoms with Crippen molar-refractivity contribution in [3.05, 3.63) is 69.5 Å². The van der Waals surface area contributed by atoms with Crippen molar-refractivity contribution in [1.82, 2.24) is 15.0 Å². The molecule has 1 aromatic heterocycles. The monoisotopic (exact) mass is 475 g/mol. The number of ether oxygens (including phenoxy) is 1. The quantitative estimate of drug-likeness (QED) is 0.499. The fraction of sp³-hybridized carbons (Fsp3) is 0.190. The van der Waals surface area contributed by atoms with E-state index in [-0.39, 0.29) is 24.4 Å². The number of anilines is 2. The summed E-state index contributed by atoms with van der Waals surface area (Å²) in [6, 6.07) is 11.2. The topological polar surface area (TPSA) is 115 Å². The Kier molecular flexibility index (Phi) is 7.45. The van der Waals surface area contributed by atoms with E-state index in [1.807, 2.05) is 0 Å². The number of amides is 2. The Hall–Kier alpha value is -3.43. The van der Waals surface area contributed by atoms with E-state index in [0.29, 0.717) is 27.1 Å². The molecule has 0 atom stereocenters. The predicted octanol–water partition coefficient (Wildman–Crippen LogP) is 3.96. The Balaban J connectivity index is 1.69. The van der Waals surface area contributed by atoms with Crippen LogP contribution in [0.2, 0.25) is 10.0 Å². The van der Waals surface area contributed by atoms with Gasteiger partial charge in [0, 0.05) is 5.69 Å². The van der Waals surface area contributed by atoms with Gasteiger partial charge < -0.3 is 15.4 Å². The Morgan fingerprint density at radius 2 is 1.81 bits per heavy atom. The molecule has 32 heavy (non-hydrogen) atoms. The van der Waals surface area contributed by atoms with Crippen LogP contribution in [0, 0.1) is 6.92 Å². The van der Waals surface area contributed by atoms with Gasteiger partial charge in [0.05, 0.1) is 33.6 Å². The summed E-state index contributed by atoms with van der Waals surface area (Å²) in [4.78, 5) is 37.1. The van der Waals surface area contributed by atoms with Crippen molar-refractivity contribution in [3.8, 4) is 0 Å². The van der Waals surface area contributed by atoms with Crippen LogP contribution in [0.5, 0.6) is 0 Å². The van der Waals surface area contributed by atoms with Crippen LogP contribution in [0.25, 0.3) is 0 Å². The van der Waals surface area contributed by atoms with Gasteiger partial charge in [0.1, 0.15) is 6.54 Å². The standard InChI is InChI=1S/C21H19Cl2N5O4/c1-3-32-21(31)14-6-4-5-7-17(14)25-18(29)11-28-12(2)19(26-27-28)20(30)24-13-8-9-15(22)16(23)10-13/h4-10H,3,11H2,1-2H3,(H,24,30)(H,25,29). The van der Waals surface area contributed by atoms with Crippen molar-refractivity contribution in [3.63, 3.8) is 0 Å². The summed E-state index contributed by atoms with van der Waals surface area (Å²) in [5.74, 6) is -1.51. The van der Waals surface area contributed by atoms with Crippen molar-refractivity contribution in [2.75, 3.05) is 17.2 Å². The Morgan fingerprint density at radius 1 is 1.06 bits per heavy atom. The highest BCUT2D eigenvalue weighted by Gasteiger charge is 2.19. The van der Waals surface area contributed by atoms with E-state index in [9.17, 15) is 14.4 Å². The maximum absolute atomic E-state index is 12.5. The van der Waals surface area contributed by atoms with Gasteiger partial charge in [0.15, 0.2) is 5.69 Å². The Labute approximate surface area is 193 Å². The molecule has 3 aromatic rings. The minimum absolute atomic E-state index is 0.0517. The normalized spacial score (nSPS) is 10.5. The van der Waals surface area contributed by atoms with Crippen LogP contribution in [0.1, 0.15) is 33.5 Å². The van der Waals surface area contributed by atoms with Crippen LogP contribution in [0.15, 0.2) is 42.5 Å². The van der Waals surface area contributed by atoms with Crippen molar-refractivity contribution in [1.29, 1.82) is 0 Å². The molecule has 2 N–H and O–H groups in total. The van der Waals surface area contributed by atoms with Crippen LogP contribution in [-0.4, -0.2) is 39.4 Å². The molecule has 166 valence electrons. The third-order valence-corrected chi connectivity index (χ3v) is 5.10. The first-order valence-corrected chi connectivity index (χ1v) is 10.3. The summed E-state index contributed by atoms with van der Waals surface area (Å²) in [6.07, 6.45) is 0. The lowest BCUT2D eigenvalue weighted by atomic mass is 10.2. The molecule has 0 saturated heterocycles. The zero-order valence-corrected chi connectivity index (χ0v) is 18.7. The van der Waals surface area contributed by atoms with Crippen LogP contribution < -0.4 is 10.6 Å². The van der Waals surface area contributed by atoms with E-state index in [2.05, 4.69) is 20.9 Å². The first-order chi connectivity index (χ1) is 15.3. The van der Waals surface area contributed by atoms with E-state index in [1.165, 1.54) is 10.7 Å². The maximum Gasteiger partial charge on any atom is 0.340 e. The van der Waals surface area contributed by atoms with Gasteiger partial charge in [-0.2, -0.15) is 0 Å². The van der Waals surface area contributed by atoms with E-state index >= 15 is 0 Å². The molecule has 3 rings (SSSR count). The average Bonchev–Trinajstić information content (AvgIpc) is 3.11. The number of nitrogens with one attached hydrogen (secondary N) is 2. The Morgan fingerprint density at radius 3 is 2.53 bits per heavy atom. The molecule has 2 aromatic carbocycles. The number of esters is 1. The lowest BCUT2D eigenvalue weighted by Crippen LogP contribution is -2.22. The number of para-hydroxylation sites is 1. The number of benzene rings is 2. The fourth-order valence-electron chi connectivity index (χ4n) is 2.79. The van der Waals surface area contributed by atoms with Crippen molar-refractivity contribution in [2.24, 2.45) is 0 Å². The van der Waals surface area contributed by atoms with Gasteiger partial charge in [-0.3, -0.25) is 9.59 Å². The molecule has 0 unspecified atom stereocenters. The van der Waals surface area contributed by atoms with Gasteiger partial charge in [-0.25, -0.2) is 9.48 Å². The van der Waals surface area contributed by atoms with Gasteiger partial charge in [-0.05, 0) is 44.2 Å². The first kappa shape index (κ1) is 23.2. The summed E-state index contributed by atoms with van der Waals surface area (Å²) < 4.78 is 6.29. The van der Waals surface area contributed by atoms with Crippen LogP contribution in [0.3, 0.4) is 0 Å². The largest absolute Gasteiger partial charge is 0.462 e. The van der Waals surface area contributed by atoms with Gasteiger partial charge in [0.25, 0.3) is 5.91 Å². The minimum Gasteiger partial charge on any atom is -0.462 e. The third kappa shape index (κ3) is 5.43. The van der Waals surface area contributed by atoms with Crippen LogP contribution in [-0.2, 0) is 16.1 Å². The second-order valence-corrected chi connectivity index (χ2v) is 7.39. The van der Waals surface area contributed by atoms with Crippen LogP contribution >= 0.6 is 23.2 Å². The zero-order chi connectivity index (χ0) is 23.3. The molecular weight excluding hydrogens is 457 g/mol. The SMILES string of the molecule is CCOC(=O)c1ccccc1NC(=O)Cn1nnc(C(=O)Nc2ccc(Cl)c(Cl)c2)c1C. The number of carbonyl (C=O) groups is 3. The number of hydrogen-bond acceptors (Lipinski definition) is 6. The number of carbonyl (C=O) groups excluding carboxylic acids is 3. The highest BCUT2D eigenvalue weighted by molar-refractivity contribution is 6.42. The lowest BCUT2D eigenvalue weighted by Gasteiger charge is -2.10. The van der Waals surface area contributed by atoms with E-state index in [0.717, 1.165) is 0 Å². The molecule has 0 saturated carbocycles. The molecule has 1 heterocycles. The summed E-state index contributed by atoms with van der Waals surface area (Å²) in [5.41, 5.74) is 1.42. The second-order valence-electron chi connectivity index (χ2n) is 6.58. The summed E-state index contributed by atoms with van der Waals surface area (Å²) in [6.45, 7) is 3.31. The highest BCUT2D eigenvalue weighted by atomic mass is 35.5. The minimum atomic E-state index is -0.540. The maximum atomic E-state index is 12.5. The third-order valence-electron chi connectivity index (χ3n) is 4.36. The summed E-state index contributed by atoms with van der Waals surface area (Å²) in [7, 11) is 0. The molecule has 0 aliphatic carbocycles. The second kappa shape index (κ2) is 10.3. The van der Waals surface area contributed by atoms with Crippen LogP contribution in [0.4, 0.5) is 11.4 Å². The number of aromatic nitrogens is 3. The van der Waals surface area contributed by atoms with Crippen molar-refractivity contribution < 1.29 is 19.1 Å². The summed E-state index contributed by atoms with van der Waals surface area (Å²) in [5, 5.41) is 13.7. The zero-order valence-electron chi connectivity index (χ0n) is 17.2. The smallest absolute Gasteiger partial charge is 0.340 e. The molecule has 0 bridgehead atoms. The van der Waals surface area contributed by atoms with Crippen molar-refractivity contribution >= 4 is 52.4 Å². The molecule has 0 aliphatic rings. The van der Waals surface area contributed by atoms with E-state index in [1.54, 1.807) is 50.2 Å². The number of rotatable bonds is 7. The van der Waals surface area contributed by atoms with Gasteiger partial charge in [-0.15, -0.1) is 5.10 Å².